The lowest BCUT2D eigenvalue weighted by Gasteiger charge is -2.07. The molecule has 0 aromatic carbocycles. The Hall–Kier alpha value is -1.57. The summed E-state index contributed by atoms with van der Waals surface area (Å²) in [4.78, 5) is 17.3. The van der Waals surface area contributed by atoms with Crippen LogP contribution < -0.4 is 10.6 Å². The van der Waals surface area contributed by atoms with Crippen molar-refractivity contribution in [1.82, 2.24) is 15.3 Å². The van der Waals surface area contributed by atoms with E-state index in [1.165, 1.54) is 12.4 Å². The minimum Gasteiger partial charge on any atom is -0.331 e. The van der Waals surface area contributed by atoms with Crippen LogP contribution in [0.25, 0.3) is 0 Å². The maximum Gasteiger partial charge on any atom is 0.401 e. The Labute approximate surface area is 83.1 Å². The molecule has 5 nitrogen and oxygen atoms in total. The summed E-state index contributed by atoms with van der Waals surface area (Å²) in [5.74, 6) is -0.386. The molecule has 15 heavy (non-hydrogen) atoms. The summed E-state index contributed by atoms with van der Waals surface area (Å²) >= 11 is 0. The second-order valence-corrected chi connectivity index (χ2v) is 2.70. The molecule has 1 aromatic rings. The highest BCUT2D eigenvalue weighted by Gasteiger charge is 2.26. The number of carbonyl (C=O) groups is 1. The molecule has 0 spiro atoms. The monoisotopic (exact) mass is 222 g/mol. The first-order chi connectivity index (χ1) is 6.97. The highest BCUT2D eigenvalue weighted by atomic mass is 19.4. The van der Waals surface area contributed by atoms with Gasteiger partial charge in [0.15, 0.2) is 0 Å². The van der Waals surface area contributed by atoms with Gasteiger partial charge >= 0.3 is 6.18 Å². The summed E-state index contributed by atoms with van der Waals surface area (Å²) in [6.45, 7) is -1.61. The van der Waals surface area contributed by atoms with E-state index in [1.807, 2.05) is 5.32 Å². The number of alkyl halides is 3. The lowest BCUT2D eigenvalue weighted by molar-refractivity contribution is -0.126. The number of anilines is 1. The number of rotatable bonds is 4. The van der Waals surface area contributed by atoms with E-state index in [2.05, 4.69) is 15.3 Å². The number of hydrogen-bond acceptors (Lipinski definition) is 3. The van der Waals surface area contributed by atoms with Crippen molar-refractivity contribution in [1.29, 1.82) is 0 Å². The molecule has 0 atom stereocenters. The van der Waals surface area contributed by atoms with Gasteiger partial charge in [0.2, 0.25) is 11.9 Å². The number of nitrogens with one attached hydrogen (secondary N) is 3. The molecule has 8 heteroatoms. The fourth-order valence-electron chi connectivity index (χ4n) is 0.828. The van der Waals surface area contributed by atoms with Crippen LogP contribution in [0.15, 0.2) is 12.4 Å². The highest BCUT2D eigenvalue weighted by molar-refractivity contribution is 5.90. The fourth-order valence-corrected chi connectivity index (χ4v) is 0.828. The van der Waals surface area contributed by atoms with E-state index in [0.29, 0.717) is 0 Å². The third-order valence-corrected chi connectivity index (χ3v) is 1.37. The molecule has 1 heterocycles. The van der Waals surface area contributed by atoms with Crippen LogP contribution in [0.5, 0.6) is 0 Å². The minimum absolute atomic E-state index is 0.203. The predicted octanol–water partition coefficient (Wildman–Crippen LogP) is 0.500. The van der Waals surface area contributed by atoms with Gasteiger partial charge in [-0.05, 0) is 0 Å². The average molecular weight is 222 g/mol. The SMILES string of the molecule is O=C(CNCC(F)(F)F)Nc1ncc[nH]1. The maximum atomic E-state index is 11.7. The van der Waals surface area contributed by atoms with Crippen molar-refractivity contribution in [2.24, 2.45) is 0 Å². The number of halogens is 3. The molecule has 0 unspecified atom stereocenters. The zero-order chi connectivity index (χ0) is 11.3. The number of hydrogen-bond donors (Lipinski definition) is 3. The summed E-state index contributed by atoms with van der Waals surface area (Å²) < 4.78 is 35.0. The van der Waals surface area contributed by atoms with Gasteiger partial charge in [0.25, 0.3) is 0 Å². The molecule has 1 amide bonds. The number of nitrogens with zero attached hydrogens (tertiary/aromatic N) is 1. The van der Waals surface area contributed by atoms with Gasteiger partial charge in [0.05, 0.1) is 13.1 Å². The lowest BCUT2D eigenvalue weighted by Crippen LogP contribution is -2.35. The summed E-state index contributed by atoms with van der Waals surface area (Å²) in [6, 6.07) is 0. The first kappa shape index (κ1) is 11.5. The Bertz CT molecular complexity index is 309. The van der Waals surface area contributed by atoms with Crippen LogP contribution in [0.2, 0.25) is 0 Å². The fraction of sp³-hybridized carbons (Fsp3) is 0.429. The molecule has 0 bridgehead atoms. The number of amides is 1. The molecule has 0 saturated carbocycles. The molecule has 0 aliphatic heterocycles. The Balaban J connectivity index is 2.20. The highest BCUT2D eigenvalue weighted by Crippen LogP contribution is 2.11. The van der Waals surface area contributed by atoms with Crippen LogP contribution in [0.3, 0.4) is 0 Å². The van der Waals surface area contributed by atoms with Gasteiger partial charge in [-0.1, -0.05) is 0 Å². The molecule has 1 aromatic heterocycles. The smallest absolute Gasteiger partial charge is 0.331 e. The van der Waals surface area contributed by atoms with Crippen molar-refractivity contribution in [3.63, 3.8) is 0 Å². The number of carbonyl (C=O) groups excluding carboxylic acids is 1. The van der Waals surface area contributed by atoms with Crippen LogP contribution in [0, 0.1) is 0 Å². The summed E-state index contributed by atoms with van der Waals surface area (Å²) in [5.41, 5.74) is 0. The summed E-state index contributed by atoms with van der Waals surface area (Å²) in [6.07, 6.45) is -1.41. The van der Waals surface area contributed by atoms with Crippen molar-refractivity contribution in [3.8, 4) is 0 Å². The predicted molar refractivity (Wildman–Crippen MR) is 46.1 cm³/mol. The molecule has 0 fully saturated rings. The Morgan fingerprint density at radius 1 is 1.53 bits per heavy atom. The van der Waals surface area contributed by atoms with E-state index < -0.39 is 25.2 Å². The zero-order valence-corrected chi connectivity index (χ0v) is 7.56. The number of aromatic nitrogens is 2. The van der Waals surface area contributed by atoms with E-state index >= 15 is 0 Å². The molecular weight excluding hydrogens is 213 g/mol. The van der Waals surface area contributed by atoms with Crippen LogP contribution in [-0.2, 0) is 4.79 Å². The first-order valence-corrected chi connectivity index (χ1v) is 4.04. The van der Waals surface area contributed by atoms with E-state index in [1.54, 1.807) is 0 Å². The number of aromatic amines is 1. The van der Waals surface area contributed by atoms with Gasteiger partial charge in [0.1, 0.15) is 0 Å². The van der Waals surface area contributed by atoms with Crippen LogP contribution in [-0.4, -0.2) is 35.1 Å². The van der Waals surface area contributed by atoms with E-state index in [4.69, 9.17) is 0 Å². The molecular formula is C7H9F3N4O. The average Bonchev–Trinajstić information content (AvgIpc) is 2.54. The lowest BCUT2D eigenvalue weighted by atomic mass is 10.5. The zero-order valence-electron chi connectivity index (χ0n) is 7.56. The molecule has 0 aliphatic rings. The summed E-state index contributed by atoms with van der Waals surface area (Å²) in [5, 5.41) is 4.23. The largest absolute Gasteiger partial charge is 0.401 e. The van der Waals surface area contributed by atoms with Crippen molar-refractivity contribution < 1.29 is 18.0 Å². The molecule has 1 rings (SSSR count). The van der Waals surface area contributed by atoms with E-state index in [-0.39, 0.29) is 5.95 Å². The number of H-pyrrole nitrogens is 1. The van der Waals surface area contributed by atoms with Crippen molar-refractivity contribution >= 4 is 11.9 Å². The molecule has 3 N–H and O–H groups in total. The Kier molecular flexibility index (Phi) is 3.67. The van der Waals surface area contributed by atoms with Crippen molar-refractivity contribution in [2.45, 2.75) is 6.18 Å². The molecule has 84 valence electrons. The molecule has 0 aliphatic carbocycles. The minimum atomic E-state index is -4.31. The van der Waals surface area contributed by atoms with Gasteiger partial charge in [-0.15, -0.1) is 0 Å². The van der Waals surface area contributed by atoms with Gasteiger partial charge in [-0.3, -0.25) is 10.1 Å². The topological polar surface area (TPSA) is 69.8 Å². The first-order valence-electron chi connectivity index (χ1n) is 4.04. The van der Waals surface area contributed by atoms with Crippen LogP contribution >= 0.6 is 0 Å². The molecule has 0 saturated heterocycles. The van der Waals surface area contributed by atoms with Crippen molar-refractivity contribution in [3.05, 3.63) is 12.4 Å². The normalized spacial score (nSPS) is 11.4. The summed E-state index contributed by atoms with van der Waals surface area (Å²) in [7, 11) is 0. The van der Waals surface area contributed by atoms with Crippen molar-refractivity contribution in [2.75, 3.05) is 18.4 Å². The van der Waals surface area contributed by atoms with Gasteiger partial charge in [0, 0.05) is 12.4 Å². The van der Waals surface area contributed by atoms with Crippen LogP contribution in [0.1, 0.15) is 0 Å². The quantitative estimate of drug-likeness (QED) is 0.694. The third-order valence-electron chi connectivity index (χ3n) is 1.37. The van der Waals surface area contributed by atoms with Crippen LogP contribution in [0.4, 0.5) is 19.1 Å². The standard InChI is InChI=1S/C7H9F3N4O/c8-7(9,10)4-11-3-5(15)14-6-12-1-2-13-6/h1-2,11H,3-4H2,(H2,12,13,14,15). The number of imidazole rings is 1. The molecule has 0 radical (unpaired) electrons. The third kappa shape index (κ3) is 5.01. The van der Waals surface area contributed by atoms with Gasteiger partial charge in [-0.25, -0.2) is 4.98 Å². The van der Waals surface area contributed by atoms with Gasteiger partial charge in [-0.2, -0.15) is 13.2 Å². The van der Waals surface area contributed by atoms with Gasteiger partial charge < -0.3 is 10.3 Å². The second-order valence-electron chi connectivity index (χ2n) is 2.70. The van der Waals surface area contributed by atoms with E-state index in [9.17, 15) is 18.0 Å². The van der Waals surface area contributed by atoms with E-state index in [0.717, 1.165) is 0 Å². The Morgan fingerprint density at radius 2 is 2.27 bits per heavy atom. The maximum absolute atomic E-state index is 11.7. The second kappa shape index (κ2) is 4.78. The Morgan fingerprint density at radius 3 is 2.80 bits per heavy atom.